The van der Waals surface area contributed by atoms with E-state index in [1.54, 1.807) is 31.2 Å². The van der Waals surface area contributed by atoms with Crippen LogP contribution in [0.1, 0.15) is 12.5 Å². The molecule has 0 spiro atoms. The molecular formula is C21H23ClN2O4. The van der Waals surface area contributed by atoms with Crippen LogP contribution in [0.25, 0.3) is 0 Å². The van der Waals surface area contributed by atoms with Crippen LogP contribution in [-0.4, -0.2) is 54.8 Å². The highest BCUT2D eigenvalue weighted by Gasteiger charge is 2.26. The lowest BCUT2D eigenvalue weighted by molar-refractivity contribution is -0.139. The van der Waals surface area contributed by atoms with Gasteiger partial charge < -0.3 is 19.1 Å². The molecule has 2 aliphatic rings. The first-order chi connectivity index (χ1) is 13.6. The van der Waals surface area contributed by atoms with E-state index in [0.717, 1.165) is 31.1 Å². The van der Waals surface area contributed by atoms with Crippen LogP contribution < -0.4 is 14.2 Å². The van der Waals surface area contributed by atoms with E-state index < -0.39 is 6.10 Å². The molecule has 1 amide bonds. The summed E-state index contributed by atoms with van der Waals surface area (Å²) in [6, 6.07) is 13.1. The number of halogens is 1. The van der Waals surface area contributed by atoms with E-state index in [-0.39, 0.29) is 12.7 Å². The third-order valence-corrected chi connectivity index (χ3v) is 5.25. The molecule has 2 aromatic rings. The average Bonchev–Trinajstić information content (AvgIpc) is 3.17. The van der Waals surface area contributed by atoms with Crippen LogP contribution in [0, 0.1) is 0 Å². The van der Waals surface area contributed by atoms with Crippen molar-refractivity contribution in [1.82, 2.24) is 9.80 Å². The molecule has 0 bridgehead atoms. The Morgan fingerprint density at radius 1 is 1.07 bits per heavy atom. The predicted molar refractivity (Wildman–Crippen MR) is 106 cm³/mol. The van der Waals surface area contributed by atoms with E-state index in [1.807, 2.05) is 17.0 Å². The van der Waals surface area contributed by atoms with Gasteiger partial charge in [-0.1, -0.05) is 17.7 Å². The Labute approximate surface area is 169 Å². The number of hydrogen-bond donors (Lipinski definition) is 0. The van der Waals surface area contributed by atoms with Crippen molar-refractivity contribution < 1.29 is 19.0 Å². The zero-order valence-corrected chi connectivity index (χ0v) is 16.5. The molecule has 2 heterocycles. The molecule has 2 aromatic carbocycles. The maximum atomic E-state index is 12.7. The summed E-state index contributed by atoms with van der Waals surface area (Å²) >= 11 is 5.88. The summed E-state index contributed by atoms with van der Waals surface area (Å²) in [6.45, 7) is 5.94. The van der Waals surface area contributed by atoms with E-state index in [1.165, 1.54) is 5.56 Å². The van der Waals surface area contributed by atoms with Crippen molar-refractivity contribution in [3.63, 3.8) is 0 Å². The third-order valence-electron chi connectivity index (χ3n) is 5.00. The molecule has 4 rings (SSSR count). The number of amides is 1. The van der Waals surface area contributed by atoms with Crippen molar-refractivity contribution in [3.8, 4) is 17.2 Å². The molecule has 2 aliphatic heterocycles. The molecule has 6 nitrogen and oxygen atoms in total. The highest BCUT2D eigenvalue weighted by atomic mass is 35.5. The summed E-state index contributed by atoms with van der Waals surface area (Å²) in [5, 5.41) is 0.643. The lowest BCUT2D eigenvalue weighted by atomic mass is 10.1. The molecule has 0 radical (unpaired) electrons. The van der Waals surface area contributed by atoms with Gasteiger partial charge in [-0.05, 0) is 48.9 Å². The third kappa shape index (κ3) is 4.34. The number of hydrogen-bond acceptors (Lipinski definition) is 5. The van der Waals surface area contributed by atoms with Crippen LogP contribution in [0.3, 0.4) is 0 Å². The molecule has 148 valence electrons. The van der Waals surface area contributed by atoms with Gasteiger partial charge in [-0.2, -0.15) is 0 Å². The number of benzene rings is 2. The number of carbonyl (C=O) groups excluding carboxylic acids is 1. The maximum Gasteiger partial charge on any atom is 0.263 e. The minimum Gasteiger partial charge on any atom is -0.481 e. The Bertz CT molecular complexity index is 835. The average molecular weight is 403 g/mol. The fourth-order valence-corrected chi connectivity index (χ4v) is 3.57. The summed E-state index contributed by atoms with van der Waals surface area (Å²) in [7, 11) is 0. The van der Waals surface area contributed by atoms with Crippen molar-refractivity contribution in [3.05, 3.63) is 53.1 Å². The molecule has 0 N–H and O–H groups in total. The second kappa shape index (κ2) is 8.29. The van der Waals surface area contributed by atoms with Crippen molar-refractivity contribution in [2.75, 3.05) is 33.0 Å². The molecule has 0 aliphatic carbocycles. The van der Waals surface area contributed by atoms with Gasteiger partial charge in [-0.25, -0.2) is 0 Å². The van der Waals surface area contributed by atoms with E-state index in [9.17, 15) is 4.79 Å². The van der Waals surface area contributed by atoms with Crippen LogP contribution >= 0.6 is 11.6 Å². The Balaban J connectivity index is 1.27. The van der Waals surface area contributed by atoms with E-state index >= 15 is 0 Å². The Kier molecular flexibility index (Phi) is 5.59. The van der Waals surface area contributed by atoms with Gasteiger partial charge >= 0.3 is 0 Å². The summed E-state index contributed by atoms with van der Waals surface area (Å²) in [6.07, 6.45) is -0.526. The molecule has 0 aromatic heterocycles. The Morgan fingerprint density at radius 3 is 2.54 bits per heavy atom. The van der Waals surface area contributed by atoms with Gasteiger partial charge in [0.2, 0.25) is 6.79 Å². The second-order valence-electron chi connectivity index (χ2n) is 7.00. The number of rotatable bonds is 5. The highest BCUT2D eigenvalue weighted by molar-refractivity contribution is 6.30. The Morgan fingerprint density at radius 2 is 1.79 bits per heavy atom. The van der Waals surface area contributed by atoms with Crippen molar-refractivity contribution in [1.29, 1.82) is 0 Å². The monoisotopic (exact) mass is 402 g/mol. The fourth-order valence-electron chi connectivity index (χ4n) is 3.45. The predicted octanol–water partition coefficient (Wildman–Crippen LogP) is 3.18. The van der Waals surface area contributed by atoms with Crippen LogP contribution in [-0.2, 0) is 11.3 Å². The van der Waals surface area contributed by atoms with Crippen LogP contribution in [0.5, 0.6) is 17.2 Å². The van der Waals surface area contributed by atoms with Crippen molar-refractivity contribution in [2.45, 2.75) is 19.6 Å². The fraction of sp³-hybridized carbons (Fsp3) is 0.381. The smallest absolute Gasteiger partial charge is 0.263 e. The van der Waals surface area contributed by atoms with E-state index in [0.29, 0.717) is 23.9 Å². The van der Waals surface area contributed by atoms with Gasteiger partial charge in [0.1, 0.15) is 5.75 Å². The van der Waals surface area contributed by atoms with Gasteiger partial charge in [0.25, 0.3) is 5.91 Å². The second-order valence-corrected chi connectivity index (χ2v) is 7.44. The minimum absolute atomic E-state index is 0.0117. The summed E-state index contributed by atoms with van der Waals surface area (Å²) in [5.41, 5.74) is 1.18. The van der Waals surface area contributed by atoms with Gasteiger partial charge in [0.15, 0.2) is 17.6 Å². The van der Waals surface area contributed by atoms with E-state index in [4.69, 9.17) is 25.8 Å². The number of fused-ring (bicyclic) bond motifs is 1. The molecular weight excluding hydrogens is 380 g/mol. The minimum atomic E-state index is -0.526. The summed E-state index contributed by atoms with van der Waals surface area (Å²) in [5.74, 6) is 2.26. The van der Waals surface area contributed by atoms with Crippen molar-refractivity contribution in [2.24, 2.45) is 0 Å². The molecule has 7 heteroatoms. The van der Waals surface area contributed by atoms with Crippen LogP contribution in [0.4, 0.5) is 0 Å². The standard InChI is InChI=1S/C21H23ClN2O4/c1-15(28-18-5-3-17(22)4-6-18)21(25)24-10-8-23(9-11-24)13-16-2-7-19-20(12-16)27-14-26-19/h2-7,12,15H,8-11,13-14H2,1H3. The first-order valence-electron chi connectivity index (χ1n) is 9.40. The Hall–Kier alpha value is -2.44. The van der Waals surface area contributed by atoms with Gasteiger partial charge in [-0.3, -0.25) is 9.69 Å². The normalized spacial score (nSPS) is 17.4. The zero-order chi connectivity index (χ0) is 19.5. The number of nitrogens with zero attached hydrogens (tertiary/aromatic N) is 2. The molecule has 1 fully saturated rings. The maximum absolute atomic E-state index is 12.7. The summed E-state index contributed by atoms with van der Waals surface area (Å²) < 4.78 is 16.6. The highest BCUT2D eigenvalue weighted by Crippen LogP contribution is 2.32. The van der Waals surface area contributed by atoms with Gasteiger partial charge in [-0.15, -0.1) is 0 Å². The molecule has 28 heavy (non-hydrogen) atoms. The first-order valence-corrected chi connectivity index (χ1v) is 9.78. The van der Waals surface area contributed by atoms with Crippen molar-refractivity contribution >= 4 is 17.5 Å². The lowest BCUT2D eigenvalue weighted by Gasteiger charge is -2.35. The molecule has 0 saturated carbocycles. The number of ether oxygens (including phenoxy) is 3. The first kappa shape index (κ1) is 18.9. The number of carbonyl (C=O) groups is 1. The van der Waals surface area contributed by atoms with Crippen LogP contribution in [0.2, 0.25) is 5.02 Å². The zero-order valence-electron chi connectivity index (χ0n) is 15.8. The molecule has 1 atom stereocenters. The largest absolute Gasteiger partial charge is 0.481 e. The quantitative estimate of drug-likeness (QED) is 0.768. The van der Waals surface area contributed by atoms with Gasteiger partial charge in [0, 0.05) is 37.7 Å². The topological polar surface area (TPSA) is 51.2 Å². The molecule has 1 unspecified atom stereocenters. The van der Waals surface area contributed by atoms with E-state index in [2.05, 4.69) is 11.0 Å². The molecule has 1 saturated heterocycles. The van der Waals surface area contributed by atoms with Gasteiger partial charge in [0.05, 0.1) is 0 Å². The number of piperazine rings is 1. The lowest BCUT2D eigenvalue weighted by Crippen LogP contribution is -2.51. The SMILES string of the molecule is CC(Oc1ccc(Cl)cc1)C(=O)N1CCN(Cc2ccc3c(c2)OCO3)CC1. The summed E-state index contributed by atoms with van der Waals surface area (Å²) in [4.78, 5) is 16.9. The van der Waals surface area contributed by atoms with Crippen LogP contribution in [0.15, 0.2) is 42.5 Å².